The molecule has 1 aromatic heterocycles. The molecule has 0 spiro atoms. The summed E-state index contributed by atoms with van der Waals surface area (Å²) in [4.78, 5) is 11.9. The van der Waals surface area contributed by atoms with Gasteiger partial charge in [-0.2, -0.15) is 5.10 Å². The maximum Gasteiger partial charge on any atom is 0.169 e. The molecule has 0 saturated heterocycles. The average molecular weight is 194 g/mol. The summed E-state index contributed by atoms with van der Waals surface area (Å²) in [6.07, 6.45) is 5.32. The summed E-state index contributed by atoms with van der Waals surface area (Å²) in [6.45, 7) is 6.93. The Hall–Kier alpha value is -1.12. The number of carbonyl (C=O) groups is 1. The van der Waals surface area contributed by atoms with Gasteiger partial charge in [-0.25, -0.2) is 0 Å². The molecule has 1 rings (SSSR count). The van der Waals surface area contributed by atoms with E-state index in [0.717, 1.165) is 24.9 Å². The Morgan fingerprint density at radius 1 is 1.43 bits per heavy atom. The number of carbonyl (C=O) groups excluding carboxylic acids is 1. The van der Waals surface area contributed by atoms with E-state index in [9.17, 15) is 4.79 Å². The lowest BCUT2D eigenvalue weighted by atomic mass is 9.95. The molecule has 0 N–H and O–H groups in total. The van der Waals surface area contributed by atoms with Gasteiger partial charge in [0.15, 0.2) is 5.78 Å². The lowest BCUT2D eigenvalue weighted by molar-refractivity contribution is 0.0913. The van der Waals surface area contributed by atoms with Gasteiger partial charge in [-0.1, -0.05) is 13.8 Å². The number of ketones is 1. The van der Waals surface area contributed by atoms with Crippen molar-refractivity contribution in [3.05, 3.63) is 18.0 Å². The van der Waals surface area contributed by atoms with E-state index in [-0.39, 0.29) is 11.7 Å². The van der Waals surface area contributed by atoms with Crippen LogP contribution in [0.1, 0.15) is 44.0 Å². The van der Waals surface area contributed by atoms with Crippen LogP contribution in [0.3, 0.4) is 0 Å². The van der Waals surface area contributed by atoms with Crippen LogP contribution in [0, 0.1) is 5.92 Å². The molecule has 0 aliphatic heterocycles. The number of nitrogens with zero attached hydrogens (tertiary/aromatic N) is 2. The molecule has 0 fully saturated rings. The molecular weight excluding hydrogens is 176 g/mol. The molecule has 0 aliphatic carbocycles. The molecule has 0 radical (unpaired) electrons. The van der Waals surface area contributed by atoms with Gasteiger partial charge in [-0.05, 0) is 19.8 Å². The number of hydrogen-bond donors (Lipinski definition) is 0. The van der Waals surface area contributed by atoms with Gasteiger partial charge in [0.25, 0.3) is 0 Å². The summed E-state index contributed by atoms with van der Waals surface area (Å²) in [6, 6.07) is 0. The van der Waals surface area contributed by atoms with Crippen molar-refractivity contribution in [3.8, 4) is 0 Å². The average Bonchev–Trinajstić information content (AvgIpc) is 2.67. The molecule has 0 saturated carbocycles. The molecule has 0 atom stereocenters. The third kappa shape index (κ3) is 2.22. The topological polar surface area (TPSA) is 34.9 Å². The zero-order valence-corrected chi connectivity index (χ0v) is 9.16. The molecule has 78 valence electrons. The molecule has 14 heavy (non-hydrogen) atoms. The molecule has 1 aromatic rings. The molecular formula is C11H18N2O. The first-order valence-corrected chi connectivity index (χ1v) is 5.29. The van der Waals surface area contributed by atoms with Crippen LogP contribution < -0.4 is 0 Å². The van der Waals surface area contributed by atoms with Crippen LogP contribution in [0.4, 0.5) is 0 Å². The van der Waals surface area contributed by atoms with Crippen molar-refractivity contribution in [1.82, 2.24) is 9.78 Å². The highest BCUT2D eigenvalue weighted by Crippen LogP contribution is 2.14. The Balaban J connectivity index is 2.77. The summed E-state index contributed by atoms with van der Waals surface area (Å²) in [7, 11) is 0. The van der Waals surface area contributed by atoms with Gasteiger partial charge >= 0.3 is 0 Å². The molecule has 3 heteroatoms. The fourth-order valence-electron chi connectivity index (χ4n) is 1.56. The zero-order valence-electron chi connectivity index (χ0n) is 9.16. The first kappa shape index (κ1) is 11.0. The van der Waals surface area contributed by atoms with Crippen LogP contribution in [-0.4, -0.2) is 15.6 Å². The molecule has 0 bridgehead atoms. The maximum atomic E-state index is 11.9. The second-order valence-electron chi connectivity index (χ2n) is 3.46. The highest BCUT2D eigenvalue weighted by molar-refractivity contribution is 5.97. The highest BCUT2D eigenvalue weighted by atomic mass is 16.1. The Kier molecular flexibility index (Phi) is 3.86. The maximum absolute atomic E-state index is 11.9. The lowest BCUT2D eigenvalue weighted by Gasteiger charge is -2.08. The molecule has 1 heterocycles. The quantitative estimate of drug-likeness (QED) is 0.675. The third-order valence-corrected chi connectivity index (χ3v) is 2.60. The Bertz CT molecular complexity index is 300. The van der Waals surface area contributed by atoms with Gasteiger partial charge in [0, 0.05) is 18.7 Å². The van der Waals surface area contributed by atoms with E-state index in [1.54, 1.807) is 10.9 Å². The molecule has 3 nitrogen and oxygen atoms in total. The van der Waals surface area contributed by atoms with Gasteiger partial charge in [-0.15, -0.1) is 0 Å². The number of hydrogen-bond acceptors (Lipinski definition) is 2. The van der Waals surface area contributed by atoms with E-state index >= 15 is 0 Å². The van der Waals surface area contributed by atoms with Gasteiger partial charge in [0.1, 0.15) is 0 Å². The lowest BCUT2D eigenvalue weighted by Crippen LogP contribution is -2.12. The van der Waals surface area contributed by atoms with Crippen LogP contribution in [0.5, 0.6) is 0 Å². The first-order valence-electron chi connectivity index (χ1n) is 5.29. The smallest absolute Gasteiger partial charge is 0.169 e. The molecule has 0 amide bonds. The first-order chi connectivity index (χ1) is 6.72. The number of rotatable bonds is 5. The molecule has 0 aromatic carbocycles. The molecule has 0 aliphatic rings. The normalized spacial score (nSPS) is 10.9. The van der Waals surface area contributed by atoms with Gasteiger partial charge < -0.3 is 0 Å². The van der Waals surface area contributed by atoms with Crippen molar-refractivity contribution < 1.29 is 4.79 Å². The van der Waals surface area contributed by atoms with E-state index < -0.39 is 0 Å². The van der Waals surface area contributed by atoms with Gasteiger partial charge in [-0.3, -0.25) is 9.48 Å². The van der Waals surface area contributed by atoms with Crippen molar-refractivity contribution >= 4 is 5.78 Å². The Morgan fingerprint density at radius 2 is 2.07 bits per heavy atom. The minimum atomic E-state index is 0.157. The van der Waals surface area contributed by atoms with E-state index in [1.165, 1.54) is 0 Å². The van der Waals surface area contributed by atoms with Crippen LogP contribution in [0.25, 0.3) is 0 Å². The Morgan fingerprint density at radius 3 is 2.50 bits per heavy atom. The summed E-state index contributed by atoms with van der Waals surface area (Å²) in [5.41, 5.74) is 0.751. The van der Waals surface area contributed by atoms with Crippen molar-refractivity contribution in [3.63, 3.8) is 0 Å². The van der Waals surface area contributed by atoms with Gasteiger partial charge in [0.2, 0.25) is 0 Å². The Labute approximate surface area is 85.1 Å². The van der Waals surface area contributed by atoms with Crippen LogP contribution in [0.15, 0.2) is 12.4 Å². The van der Waals surface area contributed by atoms with E-state index in [4.69, 9.17) is 0 Å². The number of aryl methyl sites for hydroxylation is 1. The number of aromatic nitrogens is 2. The summed E-state index contributed by atoms with van der Waals surface area (Å²) in [5.74, 6) is 0.388. The van der Waals surface area contributed by atoms with Crippen molar-refractivity contribution in [1.29, 1.82) is 0 Å². The molecule has 0 unspecified atom stereocenters. The highest BCUT2D eigenvalue weighted by Gasteiger charge is 2.17. The second kappa shape index (κ2) is 4.94. The van der Waals surface area contributed by atoms with Crippen LogP contribution >= 0.6 is 0 Å². The fraction of sp³-hybridized carbons (Fsp3) is 0.636. The predicted octanol–water partition coefficient (Wildman–Crippen LogP) is 2.52. The fourth-order valence-corrected chi connectivity index (χ4v) is 1.56. The van der Waals surface area contributed by atoms with Crippen molar-refractivity contribution in [2.24, 2.45) is 5.92 Å². The van der Waals surface area contributed by atoms with Gasteiger partial charge in [0.05, 0.1) is 11.8 Å². The van der Waals surface area contributed by atoms with Crippen LogP contribution in [0.2, 0.25) is 0 Å². The van der Waals surface area contributed by atoms with Crippen molar-refractivity contribution in [2.45, 2.75) is 40.2 Å². The minimum absolute atomic E-state index is 0.157. The SMILES string of the molecule is CCC(CC)C(=O)c1cnn(CC)c1. The third-order valence-electron chi connectivity index (χ3n) is 2.60. The van der Waals surface area contributed by atoms with E-state index in [2.05, 4.69) is 18.9 Å². The summed E-state index contributed by atoms with van der Waals surface area (Å²) in [5, 5.41) is 4.10. The second-order valence-corrected chi connectivity index (χ2v) is 3.46. The van der Waals surface area contributed by atoms with Crippen LogP contribution in [-0.2, 0) is 6.54 Å². The van der Waals surface area contributed by atoms with Crippen molar-refractivity contribution in [2.75, 3.05) is 0 Å². The predicted molar refractivity (Wildman–Crippen MR) is 56.3 cm³/mol. The summed E-state index contributed by atoms with van der Waals surface area (Å²) < 4.78 is 1.79. The standard InChI is InChI=1S/C11H18N2O/c1-4-9(5-2)11(14)10-7-12-13(6-3)8-10/h7-9H,4-6H2,1-3H3. The summed E-state index contributed by atoms with van der Waals surface area (Å²) >= 11 is 0. The minimum Gasteiger partial charge on any atom is -0.294 e. The van der Waals surface area contributed by atoms with E-state index in [1.807, 2.05) is 13.1 Å². The monoisotopic (exact) mass is 194 g/mol. The largest absolute Gasteiger partial charge is 0.294 e. The zero-order chi connectivity index (χ0) is 10.6. The number of Topliss-reactive ketones (excluding diaryl/α,β-unsaturated/α-hetero) is 1. The van der Waals surface area contributed by atoms with E-state index in [0.29, 0.717) is 0 Å².